The first-order valence-corrected chi connectivity index (χ1v) is 13.8. The highest BCUT2D eigenvalue weighted by Crippen LogP contribution is 2.47. The third kappa shape index (κ3) is 4.45. The lowest BCUT2D eigenvalue weighted by Crippen LogP contribution is -2.37. The Balaban J connectivity index is 1.34. The molecule has 196 valence electrons. The fourth-order valence-electron chi connectivity index (χ4n) is 4.98. The molecule has 0 bridgehead atoms. The molecule has 2 aliphatic rings. The molecule has 4 aromatic carbocycles. The Hall–Kier alpha value is -4.47. The van der Waals surface area contributed by atoms with Gasteiger partial charge < -0.3 is 4.18 Å². The van der Waals surface area contributed by atoms with Gasteiger partial charge in [-0.3, -0.25) is 14.4 Å². The van der Waals surface area contributed by atoms with E-state index in [-0.39, 0.29) is 16.6 Å². The molecular weight excluding hydrogens is 516 g/mol. The lowest BCUT2D eigenvalue weighted by atomic mass is 9.90. The highest BCUT2D eigenvalue weighted by molar-refractivity contribution is 7.87. The number of carbonyl (C=O) groups is 2. The number of hydrogen-bond donors (Lipinski definition) is 0. The molecule has 6 rings (SSSR count). The SMILES string of the molecule is Cc1ccc(N2C(=O)[C@@H]3[C@@H](ON(c4ccccc4)[C@H]3c3ccc(OS(=O)(=O)c4ccccc4)cc3)C2=O)cc1. The zero-order chi connectivity index (χ0) is 27.1. The van der Waals surface area contributed by atoms with Crippen LogP contribution in [0.2, 0.25) is 0 Å². The van der Waals surface area contributed by atoms with E-state index in [1.165, 1.54) is 29.2 Å². The third-order valence-corrected chi connectivity index (χ3v) is 8.14. The lowest BCUT2D eigenvalue weighted by Gasteiger charge is -2.28. The highest BCUT2D eigenvalue weighted by atomic mass is 32.2. The number of benzene rings is 4. The van der Waals surface area contributed by atoms with Gasteiger partial charge in [-0.25, -0.2) is 9.96 Å². The number of aryl methyl sites for hydroxylation is 1. The number of amides is 2. The molecule has 2 heterocycles. The molecule has 0 unspecified atom stereocenters. The molecule has 39 heavy (non-hydrogen) atoms. The molecule has 0 spiro atoms. The van der Waals surface area contributed by atoms with Crippen LogP contribution in [0.15, 0.2) is 114 Å². The topological polar surface area (TPSA) is 93.2 Å². The number of hydroxylamine groups is 1. The maximum Gasteiger partial charge on any atom is 0.339 e. The van der Waals surface area contributed by atoms with Gasteiger partial charge in [0, 0.05) is 0 Å². The van der Waals surface area contributed by atoms with Crippen LogP contribution in [0.3, 0.4) is 0 Å². The summed E-state index contributed by atoms with van der Waals surface area (Å²) in [5.41, 5.74) is 2.86. The molecule has 0 aromatic heterocycles. The number of rotatable bonds is 6. The van der Waals surface area contributed by atoms with E-state index in [2.05, 4.69) is 0 Å². The van der Waals surface area contributed by atoms with Crippen molar-refractivity contribution in [3.63, 3.8) is 0 Å². The number of carbonyl (C=O) groups excluding carboxylic acids is 2. The molecular formula is C30H24N2O6S. The van der Waals surface area contributed by atoms with Crippen LogP contribution in [0.4, 0.5) is 11.4 Å². The summed E-state index contributed by atoms with van der Waals surface area (Å²) in [4.78, 5) is 34.6. The fourth-order valence-corrected chi connectivity index (χ4v) is 5.93. The second-order valence-electron chi connectivity index (χ2n) is 9.42. The van der Waals surface area contributed by atoms with Crippen molar-refractivity contribution in [3.8, 4) is 5.75 Å². The average Bonchev–Trinajstić information content (AvgIpc) is 3.46. The van der Waals surface area contributed by atoms with Gasteiger partial charge in [-0.2, -0.15) is 8.42 Å². The molecule has 2 aliphatic heterocycles. The second-order valence-corrected chi connectivity index (χ2v) is 11.0. The van der Waals surface area contributed by atoms with Crippen molar-refractivity contribution in [1.29, 1.82) is 0 Å². The summed E-state index contributed by atoms with van der Waals surface area (Å²) in [6.45, 7) is 1.93. The third-order valence-electron chi connectivity index (χ3n) is 6.88. The normalized spacial score (nSPS) is 20.8. The second kappa shape index (κ2) is 9.68. The molecule has 0 N–H and O–H groups in total. The minimum Gasteiger partial charge on any atom is -0.379 e. The smallest absolute Gasteiger partial charge is 0.339 e. The van der Waals surface area contributed by atoms with E-state index in [1.807, 2.05) is 49.4 Å². The van der Waals surface area contributed by atoms with Crippen LogP contribution >= 0.6 is 0 Å². The van der Waals surface area contributed by atoms with Gasteiger partial charge in [0.15, 0.2) is 6.10 Å². The van der Waals surface area contributed by atoms with E-state index in [0.29, 0.717) is 16.9 Å². The van der Waals surface area contributed by atoms with Crippen LogP contribution in [-0.4, -0.2) is 26.3 Å². The first kappa shape index (κ1) is 24.8. The summed E-state index contributed by atoms with van der Waals surface area (Å²) in [7, 11) is -4.01. The summed E-state index contributed by atoms with van der Waals surface area (Å²) < 4.78 is 30.6. The van der Waals surface area contributed by atoms with Crippen LogP contribution < -0.4 is 14.1 Å². The molecule has 8 nitrogen and oxygen atoms in total. The van der Waals surface area contributed by atoms with Crippen molar-refractivity contribution in [1.82, 2.24) is 0 Å². The summed E-state index contributed by atoms with van der Waals surface area (Å²) in [5, 5.41) is 1.59. The minimum absolute atomic E-state index is 0.0441. The van der Waals surface area contributed by atoms with Crippen molar-refractivity contribution < 1.29 is 27.0 Å². The van der Waals surface area contributed by atoms with Gasteiger partial charge in [0.1, 0.15) is 16.6 Å². The quantitative estimate of drug-likeness (QED) is 0.256. The Morgan fingerprint density at radius 3 is 1.97 bits per heavy atom. The summed E-state index contributed by atoms with van der Waals surface area (Å²) in [5.74, 6) is -1.46. The Morgan fingerprint density at radius 2 is 1.33 bits per heavy atom. The number of para-hydroxylation sites is 1. The standard InChI is InChI=1S/C30H24N2O6S/c1-20-12-16-22(17-13-20)31-29(33)26-27(32(37-28(26)30(31)34)23-8-4-2-5-9-23)21-14-18-24(19-15-21)38-39(35,36)25-10-6-3-7-11-25/h2-19,26-28H,1H3/t26-,27-,28+/m0/s1. The zero-order valence-electron chi connectivity index (χ0n) is 20.9. The molecule has 2 amide bonds. The van der Waals surface area contributed by atoms with Gasteiger partial charge >= 0.3 is 10.1 Å². The van der Waals surface area contributed by atoms with E-state index in [9.17, 15) is 18.0 Å². The van der Waals surface area contributed by atoms with Crippen LogP contribution in [0.1, 0.15) is 17.2 Å². The molecule has 0 aliphatic carbocycles. The van der Waals surface area contributed by atoms with Crippen LogP contribution in [0.25, 0.3) is 0 Å². The Kier molecular flexibility index (Phi) is 6.17. The number of hydrogen-bond acceptors (Lipinski definition) is 7. The first-order valence-electron chi connectivity index (χ1n) is 12.4. The Labute approximate surface area is 226 Å². The van der Waals surface area contributed by atoms with Gasteiger partial charge in [-0.15, -0.1) is 0 Å². The van der Waals surface area contributed by atoms with Crippen LogP contribution in [-0.2, 0) is 24.5 Å². The van der Waals surface area contributed by atoms with E-state index >= 15 is 0 Å². The minimum atomic E-state index is -4.01. The number of nitrogens with zero attached hydrogens (tertiary/aromatic N) is 2. The first-order chi connectivity index (χ1) is 18.8. The van der Waals surface area contributed by atoms with Gasteiger partial charge in [-0.05, 0) is 61.0 Å². The summed E-state index contributed by atoms with van der Waals surface area (Å²) in [6.07, 6.45) is -1.00. The molecule has 0 radical (unpaired) electrons. The Bertz CT molecular complexity index is 1620. The molecule has 2 fully saturated rings. The zero-order valence-corrected chi connectivity index (χ0v) is 21.7. The predicted molar refractivity (Wildman–Crippen MR) is 144 cm³/mol. The van der Waals surface area contributed by atoms with Crippen molar-refractivity contribution in [2.24, 2.45) is 5.92 Å². The maximum atomic E-state index is 13.7. The van der Waals surface area contributed by atoms with Gasteiger partial charge in [0.05, 0.1) is 17.4 Å². The van der Waals surface area contributed by atoms with Crippen molar-refractivity contribution >= 4 is 33.3 Å². The van der Waals surface area contributed by atoms with Gasteiger partial charge in [0.2, 0.25) is 5.91 Å². The molecule has 2 saturated heterocycles. The van der Waals surface area contributed by atoms with Gasteiger partial charge in [-0.1, -0.05) is 66.2 Å². The molecule has 0 saturated carbocycles. The number of anilines is 2. The van der Waals surface area contributed by atoms with Crippen molar-refractivity contribution in [3.05, 3.63) is 120 Å². The molecule has 3 atom stereocenters. The largest absolute Gasteiger partial charge is 0.379 e. The summed E-state index contributed by atoms with van der Waals surface area (Å²) >= 11 is 0. The fraction of sp³-hybridized carbons (Fsp3) is 0.133. The monoisotopic (exact) mass is 540 g/mol. The van der Waals surface area contributed by atoms with Gasteiger partial charge in [0.25, 0.3) is 5.91 Å². The van der Waals surface area contributed by atoms with Crippen molar-refractivity contribution in [2.75, 3.05) is 9.96 Å². The van der Waals surface area contributed by atoms with Crippen molar-refractivity contribution in [2.45, 2.75) is 24.0 Å². The summed E-state index contributed by atoms with van der Waals surface area (Å²) in [6, 6.07) is 30.1. The van der Waals surface area contributed by atoms with E-state index in [0.717, 1.165) is 5.56 Å². The highest BCUT2D eigenvalue weighted by Gasteiger charge is 2.60. The number of imide groups is 1. The van der Waals surface area contributed by atoms with Crippen LogP contribution in [0.5, 0.6) is 5.75 Å². The average molecular weight is 541 g/mol. The predicted octanol–water partition coefficient (Wildman–Crippen LogP) is 4.81. The van der Waals surface area contributed by atoms with E-state index in [4.69, 9.17) is 9.02 Å². The maximum absolute atomic E-state index is 13.7. The Morgan fingerprint density at radius 1 is 0.718 bits per heavy atom. The molecule has 4 aromatic rings. The van der Waals surface area contributed by atoms with E-state index < -0.39 is 34.1 Å². The number of fused-ring (bicyclic) bond motifs is 1. The van der Waals surface area contributed by atoms with E-state index in [1.54, 1.807) is 47.5 Å². The lowest BCUT2D eigenvalue weighted by molar-refractivity contribution is -0.126. The van der Waals surface area contributed by atoms with Crippen LogP contribution in [0, 0.1) is 12.8 Å². The molecule has 9 heteroatoms.